The summed E-state index contributed by atoms with van der Waals surface area (Å²) in [6.45, 7) is 1.98. The number of allylic oxidation sites excluding steroid dienone is 2. The maximum absolute atomic E-state index is 12.1. The van der Waals surface area contributed by atoms with Crippen molar-refractivity contribution in [1.29, 1.82) is 0 Å². The highest BCUT2D eigenvalue weighted by molar-refractivity contribution is 6.05. The number of aromatic nitrogens is 2. The predicted octanol–water partition coefficient (Wildman–Crippen LogP) is 2.16. The summed E-state index contributed by atoms with van der Waals surface area (Å²) in [4.78, 5) is 28.1. The third kappa shape index (κ3) is 3.17. The van der Waals surface area contributed by atoms with Crippen molar-refractivity contribution in [1.82, 2.24) is 9.55 Å². The quantitative estimate of drug-likeness (QED) is 0.928. The summed E-state index contributed by atoms with van der Waals surface area (Å²) in [5.41, 5.74) is 0.190. The molecule has 2 aliphatic rings. The molecular weight excluding hydrogens is 282 g/mol. The van der Waals surface area contributed by atoms with Gasteiger partial charge in [0.25, 0.3) is 5.91 Å². The molecule has 2 unspecified atom stereocenters. The fraction of sp³-hybridized carbons (Fsp3) is 0.438. The van der Waals surface area contributed by atoms with Gasteiger partial charge in [-0.1, -0.05) is 18.2 Å². The summed E-state index contributed by atoms with van der Waals surface area (Å²) in [6.07, 6.45) is 10.7. The van der Waals surface area contributed by atoms with E-state index in [4.69, 9.17) is 4.74 Å². The molecule has 3 rings (SSSR count). The van der Waals surface area contributed by atoms with Crippen molar-refractivity contribution in [2.45, 2.75) is 44.9 Å². The Kier molecular flexibility index (Phi) is 4.20. The van der Waals surface area contributed by atoms with Gasteiger partial charge in [-0.05, 0) is 38.7 Å². The van der Waals surface area contributed by atoms with Crippen LogP contribution in [0.25, 0.3) is 0 Å². The molecule has 6 heteroatoms. The Balaban J connectivity index is 1.72. The molecule has 2 heterocycles. The number of nitrogens with one attached hydrogen (secondary N) is 1. The zero-order valence-electron chi connectivity index (χ0n) is 12.5. The van der Waals surface area contributed by atoms with Crippen molar-refractivity contribution in [3.05, 3.63) is 46.5 Å². The second-order valence-electron chi connectivity index (χ2n) is 5.57. The van der Waals surface area contributed by atoms with E-state index in [1.165, 1.54) is 4.57 Å². The molecule has 1 aliphatic heterocycles. The lowest BCUT2D eigenvalue weighted by atomic mass is 10.1. The molecule has 116 valence electrons. The van der Waals surface area contributed by atoms with E-state index < -0.39 is 5.69 Å². The van der Waals surface area contributed by atoms with Crippen molar-refractivity contribution in [2.24, 2.45) is 0 Å². The van der Waals surface area contributed by atoms with Crippen LogP contribution in [-0.4, -0.2) is 21.6 Å². The Morgan fingerprint density at radius 3 is 2.91 bits per heavy atom. The van der Waals surface area contributed by atoms with Crippen molar-refractivity contribution in [3.63, 3.8) is 0 Å². The molecule has 1 saturated heterocycles. The van der Waals surface area contributed by atoms with E-state index in [-0.39, 0.29) is 24.1 Å². The molecule has 0 radical (unpaired) electrons. The number of carbonyl (C=O) groups is 1. The molecule has 22 heavy (non-hydrogen) atoms. The van der Waals surface area contributed by atoms with E-state index in [2.05, 4.69) is 10.3 Å². The number of nitrogens with zero attached hydrogens (tertiary/aromatic N) is 2. The monoisotopic (exact) mass is 301 g/mol. The molecule has 2 atom stereocenters. The van der Waals surface area contributed by atoms with E-state index in [0.29, 0.717) is 5.57 Å². The molecule has 1 N–H and O–H groups in total. The summed E-state index contributed by atoms with van der Waals surface area (Å²) in [5.74, 6) is 0.0171. The fourth-order valence-corrected chi connectivity index (χ4v) is 2.66. The van der Waals surface area contributed by atoms with Crippen molar-refractivity contribution in [2.75, 3.05) is 5.32 Å². The molecule has 0 saturated carbocycles. The summed E-state index contributed by atoms with van der Waals surface area (Å²) in [7, 11) is 0. The molecule has 6 nitrogen and oxygen atoms in total. The number of hydrogen-bond donors (Lipinski definition) is 1. The Morgan fingerprint density at radius 2 is 2.27 bits per heavy atom. The first-order valence-corrected chi connectivity index (χ1v) is 7.56. The maximum Gasteiger partial charge on any atom is 0.351 e. The minimum Gasteiger partial charge on any atom is -0.355 e. The molecule has 1 aromatic rings. The van der Waals surface area contributed by atoms with Gasteiger partial charge in [0, 0.05) is 11.8 Å². The normalized spacial score (nSPS) is 24.1. The summed E-state index contributed by atoms with van der Waals surface area (Å²) in [5, 5.41) is 2.66. The van der Waals surface area contributed by atoms with Gasteiger partial charge in [0.05, 0.1) is 6.10 Å². The number of hydrogen-bond acceptors (Lipinski definition) is 4. The van der Waals surface area contributed by atoms with Crippen LogP contribution in [0.3, 0.4) is 0 Å². The molecular formula is C16H19N3O3. The molecule has 0 bridgehead atoms. The Morgan fingerprint density at radius 1 is 1.41 bits per heavy atom. The van der Waals surface area contributed by atoms with Crippen LogP contribution in [0.2, 0.25) is 0 Å². The van der Waals surface area contributed by atoms with Crippen molar-refractivity contribution < 1.29 is 9.53 Å². The van der Waals surface area contributed by atoms with Crippen LogP contribution < -0.4 is 11.0 Å². The standard InChI is InChI=1S/C16H19N3O3/c1-11-7-8-14(22-11)19-10-9-13(18-16(19)21)17-15(20)12-5-3-2-4-6-12/h3,5-6,9-11,14H,2,4,7-8H2,1H3,(H,17,18,20,21). The van der Waals surface area contributed by atoms with Crippen LogP contribution in [0.15, 0.2) is 40.9 Å². The number of ether oxygens (including phenoxy) is 1. The number of rotatable bonds is 3. The number of anilines is 1. The Labute approximate surface area is 128 Å². The first-order chi connectivity index (χ1) is 10.6. The van der Waals surface area contributed by atoms with E-state index in [9.17, 15) is 9.59 Å². The number of carbonyl (C=O) groups excluding carboxylic acids is 1. The van der Waals surface area contributed by atoms with E-state index >= 15 is 0 Å². The van der Waals surface area contributed by atoms with Gasteiger partial charge in [0.1, 0.15) is 12.0 Å². The van der Waals surface area contributed by atoms with E-state index in [0.717, 1.165) is 25.7 Å². The van der Waals surface area contributed by atoms with Gasteiger partial charge < -0.3 is 10.1 Å². The van der Waals surface area contributed by atoms with E-state index in [1.807, 2.05) is 19.1 Å². The summed E-state index contributed by atoms with van der Waals surface area (Å²) >= 11 is 0. The smallest absolute Gasteiger partial charge is 0.351 e. The van der Waals surface area contributed by atoms with Crippen LogP contribution >= 0.6 is 0 Å². The van der Waals surface area contributed by atoms with Crippen LogP contribution in [0, 0.1) is 0 Å². The van der Waals surface area contributed by atoms with Gasteiger partial charge in [-0.25, -0.2) is 4.79 Å². The van der Waals surface area contributed by atoms with Crippen LogP contribution in [0.1, 0.15) is 38.8 Å². The minimum absolute atomic E-state index is 0.154. The van der Waals surface area contributed by atoms with Crippen LogP contribution in [0.4, 0.5) is 5.82 Å². The highest BCUT2D eigenvalue weighted by Crippen LogP contribution is 2.26. The zero-order valence-corrected chi connectivity index (χ0v) is 12.5. The highest BCUT2D eigenvalue weighted by atomic mass is 16.5. The van der Waals surface area contributed by atoms with Crippen molar-refractivity contribution >= 4 is 11.7 Å². The topological polar surface area (TPSA) is 73.2 Å². The van der Waals surface area contributed by atoms with Gasteiger partial charge in [-0.2, -0.15) is 4.98 Å². The molecule has 1 aliphatic carbocycles. The summed E-state index contributed by atoms with van der Waals surface area (Å²) < 4.78 is 7.13. The van der Waals surface area contributed by atoms with Crippen molar-refractivity contribution in [3.8, 4) is 0 Å². The van der Waals surface area contributed by atoms with Gasteiger partial charge in [0.2, 0.25) is 0 Å². The average molecular weight is 301 g/mol. The van der Waals surface area contributed by atoms with Gasteiger partial charge in [-0.15, -0.1) is 0 Å². The molecule has 0 aromatic carbocycles. The maximum atomic E-state index is 12.1. The first kappa shape index (κ1) is 14.7. The van der Waals surface area contributed by atoms with Gasteiger partial charge >= 0.3 is 5.69 Å². The predicted molar refractivity (Wildman–Crippen MR) is 82.4 cm³/mol. The third-order valence-electron chi connectivity index (χ3n) is 3.85. The van der Waals surface area contributed by atoms with E-state index in [1.54, 1.807) is 18.3 Å². The van der Waals surface area contributed by atoms with Crippen LogP contribution in [0.5, 0.6) is 0 Å². The van der Waals surface area contributed by atoms with Gasteiger partial charge in [-0.3, -0.25) is 9.36 Å². The lowest BCUT2D eigenvalue weighted by Crippen LogP contribution is -2.28. The number of amides is 1. The minimum atomic E-state index is -0.412. The largest absolute Gasteiger partial charge is 0.355 e. The average Bonchev–Trinajstić information content (AvgIpc) is 2.94. The Hall–Kier alpha value is -2.21. The SMILES string of the molecule is CC1CCC(n2ccc(NC(=O)C3=CCCC=C3)nc2=O)O1. The molecule has 1 amide bonds. The second kappa shape index (κ2) is 6.27. The zero-order chi connectivity index (χ0) is 15.5. The lowest BCUT2D eigenvalue weighted by molar-refractivity contribution is -0.112. The fourth-order valence-electron chi connectivity index (χ4n) is 2.66. The molecule has 1 fully saturated rings. The Bertz CT molecular complexity index is 690. The molecule has 1 aromatic heterocycles. The molecule has 0 spiro atoms. The lowest BCUT2D eigenvalue weighted by Gasteiger charge is -2.14. The second-order valence-corrected chi connectivity index (χ2v) is 5.57. The summed E-state index contributed by atoms with van der Waals surface area (Å²) in [6, 6.07) is 1.62. The van der Waals surface area contributed by atoms with Gasteiger partial charge in [0.15, 0.2) is 0 Å². The third-order valence-corrected chi connectivity index (χ3v) is 3.85. The first-order valence-electron chi connectivity index (χ1n) is 7.56. The highest BCUT2D eigenvalue weighted by Gasteiger charge is 2.24. The van der Waals surface area contributed by atoms with Crippen LogP contribution in [-0.2, 0) is 9.53 Å².